The van der Waals surface area contributed by atoms with Gasteiger partial charge in [-0.25, -0.2) is 4.79 Å². The lowest BCUT2D eigenvalue weighted by molar-refractivity contribution is 0.0505. The van der Waals surface area contributed by atoms with Crippen molar-refractivity contribution in [3.63, 3.8) is 0 Å². The maximum atomic E-state index is 12.9. The first-order chi connectivity index (χ1) is 15.0. The zero-order chi connectivity index (χ0) is 22.2. The van der Waals surface area contributed by atoms with Gasteiger partial charge in [-0.3, -0.25) is 14.6 Å². The van der Waals surface area contributed by atoms with E-state index in [0.717, 1.165) is 12.0 Å². The van der Waals surface area contributed by atoms with Crippen molar-refractivity contribution in [1.29, 1.82) is 0 Å². The summed E-state index contributed by atoms with van der Waals surface area (Å²) in [6.07, 6.45) is 3.81. The number of amides is 2. The van der Waals surface area contributed by atoms with Crippen molar-refractivity contribution < 1.29 is 19.1 Å². The maximum absolute atomic E-state index is 12.9. The minimum Gasteiger partial charge on any atom is -0.462 e. The molecule has 1 heterocycles. The van der Waals surface area contributed by atoms with Crippen LogP contribution in [0.1, 0.15) is 50.0 Å². The molecule has 0 spiro atoms. The number of aromatic nitrogens is 1. The second-order valence-electron chi connectivity index (χ2n) is 6.85. The lowest BCUT2D eigenvalue weighted by Crippen LogP contribution is -2.19. The van der Waals surface area contributed by atoms with Gasteiger partial charge in [-0.05, 0) is 61.4 Å². The molecule has 0 aliphatic heterocycles. The number of para-hydroxylation sites is 1. The molecule has 0 aliphatic rings. The molecule has 3 rings (SSSR count). The number of anilines is 2. The molecule has 2 amide bonds. The Labute approximate surface area is 180 Å². The highest BCUT2D eigenvalue weighted by atomic mass is 16.5. The molecule has 0 aliphatic carbocycles. The molecule has 0 fully saturated rings. The van der Waals surface area contributed by atoms with Crippen LogP contribution in [0.3, 0.4) is 0 Å². The van der Waals surface area contributed by atoms with Crippen LogP contribution < -0.4 is 10.6 Å². The largest absolute Gasteiger partial charge is 0.462 e. The van der Waals surface area contributed by atoms with Gasteiger partial charge >= 0.3 is 5.97 Å². The van der Waals surface area contributed by atoms with Crippen LogP contribution >= 0.6 is 0 Å². The Morgan fingerprint density at radius 2 is 1.58 bits per heavy atom. The zero-order valence-electron chi connectivity index (χ0n) is 17.3. The molecule has 0 bridgehead atoms. The van der Waals surface area contributed by atoms with Crippen molar-refractivity contribution in [3.05, 3.63) is 89.2 Å². The second kappa shape index (κ2) is 10.2. The van der Waals surface area contributed by atoms with Gasteiger partial charge in [0.2, 0.25) is 0 Å². The maximum Gasteiger partial charge on any atom is 0.338 e. The van der Waals surface area contributed by atoms with E-state index in [1.54, 1.807) is 48.5 Å². The molecular weight excluding hydrogens is 394 g/mol. The molecule has 7 heteroatoms. The van der Waals surface area contributed by atoms with Crippen LogP contribution in [0, 0.1) is 6.92 Å². The summed E-state index contributed by atoms with van der Waals surface area (Å²) >= 11 is 0. The molecule has 1 aromatic heterocycles. The summed E-state index contributed by atoms with van der Waals surface area (Å²) in [7, 11) is 0. The number of aryl methyl sites for hydroxylation is 1. The molecule has 0 saturated heterocycles. The predicted molar refractivity (Wildman–Crippen MR) is 118 cm³/mol. The Morgan fingerprint density at radius 1 is 0.871 bits per heavy atom. The van der Waals surface area contributed by atoms with Crippen LogP contribution in [0.4, 0.5) is 11.4 Å². The lowest BCUT2D eigenvalue weighted by Gasteiger charge is -2.14. The van der Waals surface area contributed by atoms with Gasteiger partial charge in [0.15, 0.2) is 0 Å². The summed E-state index contributed by atoms with van der Waals surface area (Å²) in [4.78, 5) is 41.3. The summed E-state index contributed by atoms with van der Waals surface area (Å²) < 4.78 is 5.10. The van der Waals surface area contributed by atoms with Gasteiger partial charge in [-0.1, -0.05) is 19.1 Å². The third kappa shape index (κ3) is 5.54. The third-order valence-electron chi connectivity index (χ3n) is 4.51. The zero-order valence-corrected chi connectivity index (χ0v) is 17.3. The van der Waals surface area contributed by atoms with Crippen LogP contribution in [-0.4, -0.2) is 29.4 Å². The molecule has 158 valence electrons. The summed E-state index contributed by atoms with van der Waals surface area (Å²) in [6.45, 7) is 4.10. The van der Waals surface area contributed by atoms with E-state index in [1.165, 1.54) is 12.4 Å². The number of hydrogen-bond donors (Lipinski definition) is 2. The Morgan fingerprint density at radius 3 is 2.26 bits per heavy atom. The van der Waals surface area contributed by atoms with E-state index < -0.39 is 5.97 Å². The minimum absolute atomic E-state index is 0.328. The van der Waals surface area contributed by atoms with Gasteiger partial charge in [-0.15, -0.1) is 0 Å². The number of ether oxygens (including phenoxy) is 1. The van der Waals surface area contributed by atoms with Crippen LogP contribution in [0.25, 0.3) is 0 Å². The molecule has 7 nitrogen and oxygen atoms in total. The molecule has 31 heavy (non-hydrogen) atoms. The van der Waals surface area contributed by atoms with Crippen LogP contribution in [0.15, 0.2) is 67.0 Å². The average molecular weight is 417 g/mol. The number of carbonyl (C=O) groups is 3. The van der Waals surface area contributed by atoms with Crippen molar-refractivity contribution in [2.75, 3.05) is 17.2 Å². The fourth-order valence-electron chi connectivity index (χ4n) is 2.88. The lowest BCUT2D eigenvalue weighted by atomic mass is 10.1. The molecule has 0 radical (unpaired) electrons. The number of esters is 1. The number of nitrogens with zero attached hydrogens (tertiary/aromatic N) is 1. The first-order valence-electron chi connectivity index (χ1n) is 9.89. The highest BCUT2D eigenvalue weighted by Gasteiger charge is 2.17. The van der Waals surface area contributed by atoms with Crippen molar-refractivity contribution in [1.82, 2.24) is 4.98 Å². The summed E-state index contributed by atoms with van der Waals surface area (Å²) in [5.41, 5.74) is 2.88. The first kappa shape index (κ1) is 21.7. The molecule has 2 N–H and O–H groups in total. The van der Waals surface area contributed by atoms with Crippen LogP contribution in [0.5, 0.6) is 0 Å². The normalized spacial score (nSPS) is 10.3. The van der Waals surface area contributed by atoms with E-state index in [2.05, 4.69) is 15.6 Å². The van der Waals surface area contributed by atoms with Gasteiger partial charge in [0.1, 0.15) is 0 Å². The summed E-state index contributed by atoms with van der Waals surface area (Å²) in [6, 6.07) is 14.8. The Bertz CT molecular complexity index is 1080. The smallest absolute Gasteiger partial charge is 0.338 e. The van der Waals surface area contributed by atoms with Gasteiger partial charge in [0.05, 0.1) is 23.4 Å². The fourth-order valence-corrected chi connectivity index (χ4v) is 2.88. The standard InChI is InChI=1S/C24H23N3O4/c1-3-15-31-24(30)18-7-9-19(10-8-18)26-23(29)20-6-4-5-16(2)21(20)27-22(28)17-11-13-25-14-12-17/h4-14H,3,15H2,1-2H3,(H,26,29)(H,27,28). The van der Waals surface area contributed by atoms with Gasteiger partial charge in [0.25, 0.3) is 11.8 Å². The second-order valence-corrected chi connectivity index (χ2v) is 6.85. The van der Waals surface area contributed by atoms with Crippen molar-refractivity contribution in [2.24, 2.45) is 0 Å². The monoisotopic (exact) mass is 417 g/mol. The first-order valence-corrected chi connectivity index (χ1v) is 9.89. The fraction of sp³-hybridized carbons (Fsp3) is 0.167. The van der Waals surface area contributed by atoms with Crippen molar-refractivity contribution >= 4 is 29.2 Å². The molecule has 0 saturated carbocycles. The third-order valence-corrected chi connectivity index (χ3v) is 4.51. The summed E-state index contributed by atoms with van der Waals surface area (Å²) in [5.74, 6) is -1.12. The quantitative estimate of drug-likeness (QED) is 0.553. The van der Waals surface area contributed by atoms with E-state index >= 15 is 0 Å². The van der Waals surface area contributed by atoms with Crippen molar-refractivity contribution in [3.8, 4) is 0 Å². The summed E-state index contributed by atoms with van der Waals surface area (Å²) in [5, 5.41) is 5.61. The molecule has 3 aromatic rings. The number of rotatable bonds is 7. The number of hydrogen-bond acceptors (Lipinski definition) is 5. The van der Waals surface area contributed by atoms with Gasteiger partial charge < -0.3 is 15.4 Å². The van der Waals surface area contributed by atoms with Gasteiger partial charge in [-0.2, -0.15) is 0 Å². The van der Waals surface area contributed by atoms with E-state index in [-0.39, 0.29) is 11.8 Å². The van der Waals surface area contributed by atoms with E-state index in [1.807, 2.05) is 19.9 Å². The molecule has 2 aromatic carbocycles. The van der Waals surface area contributed by atoms with E-state index in [4.69, 9.17) is 4.74 Å². The Kier molecular flexibility index (Phi) is 7.11. The van der Waals surface area contributed by atoms with Crippen LogP contribution in [0.2, 0.25) is 0 Å². The minimum atomic E-state index is -0.403. The number of benzene rings is 2. The number of pyridine rings is 1. The average Bonchev–Trinajstić information content (AvgIpc) is 2.79. The number of nitrogens with one attached hydrogen (secondary N) is 2. The van der Waals surface area contributed by atoms with E-state index in [0.29, 0.717) is 34.7 Å². The number of carbonyl (C=O) groups excluding carboxylic acids is 3. The van der Waals surface area contributed by atoms with Crippen molar-refractivity contribution in [2.45, 2.75) is 20.3 Å². The molecule has 0 unspecified atom stereocenters. The SMILES string of the molecule is CCCOC(=O)c1ccc(NC(=O)c2cccc(C)c2NC(=O)c2ccncc2)cc1. The predicted octanol–water partition coefficient (Wildman–Crippen LogP) is 4.46. The van der Waals surface area contributed by atoms with E-state index in [9.17, 15) is 14.4 Å². The highest BCUT2D eigenvalue weighted by molar-refractivity contribution is 6.13. The molecular formula is C24H23N3O4. The highest BCUT2D eigenvalue weighted by Crippen LogP contribution is 2.23. The van der Waals surface area contributed by atoms with Gasteiger partial charge in [0, 0.05) is 23.6 Å². The molecule has 0 atom stereocenters. The van der Waals surface area contributed by atoms with Crippen LogP contribution in [-0.2, 0) is 4.74 Å². The Hall–Kier alpha value is -4.00. The topological polar surface area (TPSA) is 97.4 Å². The Balaban J connectivity index is 1.75.